The van der Waals surface area contributed by atoms with Crippen molar-refractivity contribution in [3.05, 3.63) is 36.5 Å². The van der Waals surface area contributed by atoms with Crippen LogP contribution in [0, 0.1) is 34.0 Å². The molecule has 0 aromatic carbocycles. The van der Waals surface area contributed by atoms with E-state index in [9.17, 15) is 15.3 Å². The summed E-state index contributed by atoms with van der Waals surface area (Å²) in [5, 5.41) is 30.1. The second-order valence-corrected chi connectivity index (χ2v) is 14.0. The van der Waals surface area contributed by atoms with Crippen LogP contribution in [0.2, 0.25) is 0 Å². The lowest BCUT2D eigenvalue weighted by molar-refractivity contribution is 0.0845. The zero-order valence-electron chi connectivity index (χ0n) is 22.1. The van der Waals surface area contributed by atoms with E-state index in [0.717, 1.165) is 55.2 Å². The minimum atomic E-state index is -0.492. The van der Waals surface area contributed by atoms with E-state index in [1.165, 1.54) is 19.3 Å². The Morgan fingerprint density at radius 1 is 0.515 bits per heavy atom. The third kappa shape index (κ3) is 3.55. The molecule has 33 heavy (non-hydrogen) atoms. The van der Waals surface area contributed by atoms with Crippen molar-refractivity contribution in [3.63, 3.8) is 0 Å². The molecule has 0 spiro atoms. The number of fused-ring (bicyclic) bond motifs is 6. The first-order chi connectivity index (χ1) is 14.9. The molecular formula is C30H48O3. The Labute approximate surface area is 202 Å². The van der Waals surface area contributed by atoms with Crippen LogP contribution >= 0.6 is 0 Å². The van der Waals surface area contributed by atoms with Crippen LogP contribution < -0.4 is 0 Å². The van der Waals surface area contributed by atoms with Gasteiger partial charge < -0.3 is 15.3 Å². The van der Waals surface area contributed by atoms with Gasteiger partial charge in [0.1, 0.15) is 0 Å². The predicted octanol–water partition coefficient (Wildman–Crippen LogP) is 6.34. The van der Waals surface area contributed by atoms with Crippen molar-refractivity contribution in [1.29, 1.82) is 0 Å². The zero-order valence-corrected chi connectivity index (χ0v) is 22.1. The molecule has 6 atom stereocenters. The van der Waals surface area contributed by atoms with Gasteiger partial charge in [0.2, 0.25) is 0 Å². The number of hydrogen-bond donors (Lipinski definition) is 3. The molecule has 6 aliphatic rings. The lowest BCUT2D eigenvalue weighted by atomic mass is 9.72. The topological polar surface area (TPSA) is 60.7 Å². The second-order valence-electron chi connectivity index (χ2n) is 14.0. The van der Waals surface area contributed by atoms with Gasteiger partial charge in [0.25, 0.3) is 0 Å². The molecule has 6 fully saturated rings. The molecule has 6 rings (SSSR count). The molecule has 0 aromatic rings. The molecule has 186 valence electrons. The zero-order chi connectivity index (χ0) is 24.8. The summed E-state index contributed by atoms with van der Waals surface area (Å²) < 4.78 is 0. The molecule has 3 heteroatoms. The largest absolute Gasteiger partial charge is 0.385 e. The third-order valence-electron chi connectivity index (χ3n) is 11.6. The molecule has 6 bridgehead atoms. The van der Waals surface area contributed by atoms with Gasteiger partial charge in [0.15, 0.2) is 0 Å². The second kappa shape index (κ2) is 7.31. The summed E-state index contributed by atoms with van der Waals surface area (Å²) in [4.78, 5) is 0. The summed E-state index contributed by atoms with van der Waals surface area (Å²) in [5.74, 6) is 2.04. The molecule has 0 aromatic heterocycles. The Morgan fingerprint density at radius 3 is 0.818 bits per heavy atom. The SMILES string of the molecule is C=C1C(C)(C)[C@@H]2CC[C@@]1(O)C2.C=C1C(C)(C)[C@@H]2CC[C@@]1(O)C2.C=C1C(C)(C)[C@@H]2CC[C@@]1(O)C2. The monoisotopic (exact) mass is 456 g/mol. The van der Waals surface area contributed by atoms with E-state index >= 15 is 0 Å². The molecule has 6 saturated carbocycles. The van der Waals surface area contributed by atoms with Crippen LogP contribution in [0.1, 0.15) is 99.3 Å². The van der Waals surface area contributed by atoms with Gasteiger partial charge in [-0.15, -0.1) is 0 Å². The minimum Gasteiger partial charge on any atom is -0.385 e. The maximum Gasteiger partial charge on any atom is 0.0862 e. The fourth-order valence-electron chi connectivity index (χ4n) is 8.28. The normalized spacial score (nSPS) is 46.8. The Balaban J connectivity index is 0.000000118. The molecule has 0 radical (unpaired) electrons. The summed E-state index contributed by atoms with van der Waals surface area (Å²) in [6.07, 6.45) is 9.25. The minimum absolute atomic E-state index is 0.188. The highest BCUT2D eigenvalue weighted by molar-refractivity contribution is 5.33. The fraction of sp³-hybridized carbons (Fsp3) is 0.800. The molecule has 0 aliphatic heterocycles. The van der Waals surface area contributed by atoms with E-state index in [4.69, 9.17) is 0 Å². The lowest BCUT2D eigenvalue weighted by Gasteiger charge is -2.34. The van der Waals surface area contributed by atoms with Crippen LogP contribution in [-0.2, 0) is 0 Å². The quantitative estimate of drug-likeness (QED) is 0.373. The van der Waals surface area contributed by atoms with Crippen molar-refractivity contribution in [2.75, 3.05) is 0 Å². The van der Waals surface area contributed by atoms with Gasteiger partial charge in [0, 0.05) is 0 Å². The molecular weight excluding hydrogens is 408 g/mol. The van der Waals surface area contributed by atoms with Crippen LogP contribution in [0.4, 0.5) is 0 Å². The van der Waals surface area contributed by atoms with E-state index in [-0.39, 0.29) is 16.2 Å². The van der Waals surface area contributed by atoms with Gasteiger partial charge >= 0.3 is 0 Å². The number of aliphatic hydroxyl groups is 3. The molecule has 0 unspecified atom stereocenters. The van der Waals surface area contributed by atoms with Crippen molar-refractivity contribution in [2.24, 2.45) is 34.0 Å². The van der Waals surface area contributed by atoms with E-state index < -0.39 is 16.8 Å². The third-order valence-corrected chi connectivity index (χ3v) is 11.6. The van der Waals surface area contributed by atoms with Crippen LogP contribution in [0.3, 0.4) is 0 Å². The van der Waals surface area contributed by atoms with Gasteiger partial charge in [-0.3, -0.25) is 0 Å². The maximum atomic E-state index is 10.0. The van der Waals surface area contributed by atoms with Crippen molar-refractivity contribution in [1.82, 2.24) is 0 Å². The summed E-state index contributed by atoms with van der Waals surface area (Å²) in [7, 11) is 0. The standard InChI is InChI=1S/3C10H16O/c3*1-7-9(2,3)8-4-5-10(7,11)6-8/h3*8,11H,1,4-6H2,2-3H3/t3*8-,10-/m111/s1. The number of hydrogen-bond acceptors (Lipinski definition) is 3. The molecule has 3 nitrogen and oxygen atoms in total. The molecule has 3 N–H and O–H groups in total. The Kier molecular flexibility index (Phi) is 5.58. The highest BCUT2D eigenvalue weighted by atomic mass is 16.3. The van der Waals surface area contributed by atoms with Crippen LogP contribution in [-0.4, -0.2) is 32.1 Å². The smallest absolute Gasteiger partial charge is 0.0862 e. The van der Waals surface area contributed by atoms with Crippen LogP contribution in [0.25, 0.3) is 0 Å². The van der Waals surface area contributed by atoms with Crippen molar-refractivity contribution in [2.45, 2.75) is 116 Å². The fourth-order valence-corrected chi connectivity index (χ4v) is 8.28. The molecule has 6 aliphatic carbocycles. The van der Waals surface area contributed by atoms with Crippen LogP contribution in [0.5, 0.6) is 0 Å². The summed E-state index contributed by atoms with van der Waals surface area (Å²) in [5.41, 5.74) is 2.30. The Morgan fingerprint density at radius 2 is 0.727 bits per heavy atom. The maximum absolute atomic E-state index is 10.0. The van der Waals surface area contributed by atoms with Gasteiger partial charge in [-0.1, -0.05) is 61.3 Å². The average molecular weight is 457 g/mol. The van der Waals surface area contributed by atoms with Gasteiger partial charge in [0.05, 0.1) is 16.8 Å². The number of rotatable bonds is 0. The molecule has 0 saturated heterocycles. The summed E-state index contributed by atoms with van der Waals surface area (Å²) >= 11 is 0. The van der Waals surface area contributed by atoms with Gasteiger partial charge in [-0.05, 0) is 109 Å². The highest BCUT2D eigenvalue weighted by Crippen LogP contribution is 2.62. The van der Waals surface area contributed by atoms with Gasteiger partial charge in [-0.2, -0.15) is 0 Å². The molecule has 0 amide bonds. The van der Waals surface area contributed by atoms with Crippen molar-refractivity contribution < 1.29 is 15.3 Å². The van der Waals surface area contributed by atoms with Crippen molar-refractivity contribution >= 4 is 0 Å². The predicted molar refractivity (Wildman–Crippen MR) is 136 cm³/mol. The van der Waals surface area contributed by atoms with Crippen LogP contribution in [0.15, 0.2) is 36.5 Å². The summed E-state index contributed by atoms with van der Waals surface area (Å²) in [6, 6.07) is 0. The van der Waals surface area contributed by atoms with E-state index in [1.807, 2.05) is 0 Å². The highest BCUT2D eigenvalue weighted by Gasteiger charge is 2.58. The Bertz CT molecular complexity index is 745. The van der Waals surface area contributed by atoms with Gasteiger partial charge in [-0.25, -0.2) is 0 Å². The Hall–Kier alpha value is -0.900. The summed E-state index contributed by atoms with van der Waals surface area (Å²) in [6.45, 7) is 25.3. The van der Waals surface area contributed by atoms with Crippen molar-refractivity contribution in [3.8, 4) is 0 Å². The van der Waals surface area contributed by atoms with E-state index in [1.54, 1.807) is 0 Å². The average Bonchev–Trinajstić information content (AvgIpc) is 3.51. The first-order valence-corrected chi connectivity index (χ1v) is 13.2. The molecule has 0 heterocycles. The lowest BCUT2D eigenvalue weighted by Crippen LogP contribution is -2.31. The first kappa shape index (κ1) is 25.2. The van der Waals surface area contributed by atoms with E-state index in [2.05, 4.69) is 61.3 Å². The first-order valence-electron chi connectivity index (χ1n) is 13.2. The van der Waals surface area contributed by atoms with E-state index in [0.29, 0.717) is 17.8 Å².